The van der Waals surface area contributed by atoms with Crippen LogP contribution in [-0.4, -0.2) is 4.98 Å². The Kier molecular flexibility index (Phi) is 2.79. The second-order valence-electron chi connectivity index (χ2n) is 4.08. The minimum absolute atomic E-state index is 0.162. The van der Waals surface area contributed by atoms with E-state index in [1.165, 1.54) is 0 Å². The zero-order valence-corrected chi connectivity index (χ0v) is 9.82. The lowest BCUT2D eigenvalue weighted by Gasteiger charge is -2.10. The standard InChI is InChI=1S/C13H16N2O/c1-8-4-5-11(7-15-8)13(14)12-6-9(2)16-10(12)3/h4-7,13H,14H2,1-3H3. The van der Waals surface area contributed by atoms with Crippen molar-refractivity contribution in [2.75, 3.05) is 0 Å². The van der Waals surface area contributed by atoms with Gasteiger partial charge in [0.05, 0.1) is 6.04 Å². The maximum atomic E-state index is 6.18. The van der Waals surface area contributed by atoms with Crippen LogP contribution in [0.2, 0.25) is 0 Å². The summed E-state index contributed by atoms with van der Waals surface area (Å²) in [5.41, 5.74) is 9.22. The molecular weight excluding hydrogens is 200 g/mol. The van der Waals surface area contributed by atoms with Crippen molar-refractivity contribution in [1.82, 2.24) is 4.98 Å². The van der Waals surface area contributed by atoms with Gasteiger partial charge in [-0.3, -0.25) is 4.98 Å². The molecule has 0 saturated heterocycles. The van der Waals surface area contributed by atoms with Gasteiger partial charge in [-0.2, -0.15) is 0 Å². The van der Waals surface area contributed by atoms with Crippen molar-refractivity contribution < 1.29 is 4.42 Å². The first-order chi connectivity index (χ1) is 7.58. The van der Waals surface area contributed by atoms with Gasteiger partial charge in [0, 0.05) is 17.5 Å². The molecule has 0 fully saturated rings. The molecule has 84 valence electrons. The number of rotatable bonds is 2. The number of hydrogen-bond acceptors (Lipinski definition) is 3. The molecule has 2 N–H and O–H groups in total. The van der Waals surface area contributed by atoms with E-state index >= 15 is 0 Å². The molecule has 1 unspecified atom stereocenters. The van der Waals surface area contributed by atoms with Crippen LogP contribution in [0.1, 0.15) is 34.4 Å². The van der Waals surface area contributed by atoms with Crippen LogP contribution in [0, 0.1) is 20.8 Å². The van der Waals surface area contributed by atoms with Crippen molar-refractivity contribution in [2.24, 2.45) is 5.73 Å². The third kappa shape index (κ3) is 1.99. The summed E-state index contributed by atoms with van der Waals surface area (Å²) in [6.45, 7) is 5.82. The molecule has 2 aromatic rings. The van der Waals surface area contributed by atoms with Gasteiger partial charge in [-0.1, -0.05) is 6.07 Å². The molecule has 2 heterocycles. The van der Waals surface area contributed by atoms with Gasteiger partial charge in [-0.15, -0.1) is 0 Å². The van der Waals surface area contributed by atoms with Crippen molar-refractivity contribution >= 4 is 0 Å². The molecule has 3 heteroatoms. The average molecular weight is 216 g/mol. The van der Waals surface area contributed by atoms with Crippen LogP contribution in [0.25, 0.3) is 0 Å². The lowest BCUT2D eigenvalue weighted by molar-refractivity contribution is 0.499. The van der Waals surface area contributed by atoms with Gasteiger partial charge < -0.3 is 10.2 Å². The van der Waals surface area contributed by atoms with E-state index in [9.17, 15) is 0 Å². The van der Waals surface area contributed by atoms with Crippen molar-refractivity contribution in [1.29, 1.82) is 0 Å². The first kappa shape index (κ1) is 10.9. The lowest BCUT2D eigenvalue weighted by Crippen LogP contribution is -2.12. The minimum Gasteiger partial charge on any atom is -0.466 e. The molecule has 0 radical (unpaired) electrons. The van der Waals surface area contributed by atoms with Crippen molar-refractivity contribution in [3.05, 3.63) is 52.7 Å². The summed E-state index contributed by atoms with van der Waals surface area (Å²) in [6, 6.07) is 5.80. The van der Waals surface area contributed by atoms with Crippen LogP contribution in [0.3, 0.4) is 0 Å². The predicted molar refractivity (Wildman–Crippen MR) is 63.2 cm³/mol. The SMILES string of the molecule is Cc1ccc(C(N)c2cc(C)oc2C)cn1. The summed E-state index contributed by atoms with van der Waals surface area (Å²) in [5, 5.41) is 0. The lowest BCUT2D eigenvalue weighted by atomic mass is 10.0. The Morgan fingerprint density at radius 3 is 2.50 bits per heavy atom. The van der Waals surface area contributed by atoms with Crippen LogP contribution < -0.4 is 5.73 Å². The van der Waals surface area contributed by atoms with Gasteiger partial charge in [0.2, 0.25) is 0 Å². The predicted octanol–water partition coefficient (Wildman–Crippen LogP) is 2.65. The van der Waals surface area contributed by atoms with Crippen LogP contribution in [0.15, 0.2) is 28.8 Å². The fourth-order valence-corrected chi connectivity index (χ4v) is 1.80. The first-order valence-corrected chi connectivity index (χ1v) is 5.33. The Bertz CT molecular complexity index is 485. The molecule has 0 saturated carbocycles. The highest BCUT2D eigenvalue weighted by atomic mass is 16.3. The largest absolute Gasteiger partial charge is 0.466 e. The summed E-state index contributed by atoms with van der Waals surface area (Å²) in [6.07, 6.45) is 1.82. The second-order valence-corrected chi connectivity index (χ2v) is 4.08. The Labute approximate surface area is 95.3 Å². The highest BCUT2D eigenvalue weighted by molar-refractivity contribution is 5.33. The highest BCUT2D eigenvalue weighted by Gasteiger charge is 2.15. The van der Waals surface area contributed by atoms with E-state index in [2.05, 4.69) is 4.98 Å². The van der Waals surface area contributed by atoms with Crippen LogP contribution >= 0.6 is 0 Å². The molecule has 2 aromatic heterocycles. The highest BCUT2D eigenvalue weighted by Crippen LogP contribution is 2.24. The third-order valence-electron chi connectivity index (χ3n) is 2.71. The summed E-state index contributed by atoms with van der Waals surface area (Å²) in [5.74, 6) is 1.77. The number of furan rings is 1. The Balaban J connectivity index is 2.35. The zero-order valence-electron chi connectivity index (χ0n) is 9.82. The Hall–Kier alpha value is -1.61. The summed E-state index contributed by atoms with van der Waals surface area (Å²) in [7, 11) is 0. The monoisotopic (exact) mass is 216 g/mol. The molecule has 0 spiro atoms. The van der Waals surface area contributed by atoms with E-state index in [1.54, 1.807) is 0 Å². The van der Waals surface area contributed by atoms with Gasteiger partial charge in [0.1, 0.15) is 11.5 Å². The zero-order chi connectivity index (χ0) is 11.7. The molecule has 16 heavy (non-hydrogen) atoms. The molecule has 0 amide bonds. The number of aromatic nitrogens is 1. The summed E-state index contributed by atoms with van der Waals surface area (Å²) in [4.78, 5) is 4.25. The average Bonchev–Trinajstić information content (AvgIpc) is 2.58. The number of aryl methyl sites for hydroxylation is 3. The van der Waals surface area contributed by atoms with Gasteiger partial charge in [0.25, 0.3) is 0 Å². The van der Waals surface area contributed by atoms with Crippen LogP contribution in [0.5, 0.6) is 0 Å². The quantitative estimate of drug-likeness (QED) is 0.839. The van der Waals surface area contributed by atoms with Gasteiger partial charge in [-0.05, 0) is 38.5 Å². The molecule has 0 bridgehead atoms. The van der Waals surface area contributed by atoms with E-state index in [4.69, 9.17) is 10.2 Å². The van der Waals surface area contributed by atoms with E-state index in [0.29, 0.717) is 0 Å². The number of hydrogen-bond donors (Lipinski definition) is 1. The fraction of sp³-hybridized carbons (Fsp3) is 0.308. The third-order valence-corrected chi connectivity index (χ3v) is 2.71. The van der Waals surface area contributed by atoms with E-state index in [1.807, 2.05) is 45.2 Å². The van der Waals surface area contributed by atoms with Crippen molar-refractivity contribution in [2.45, 2.75) is 26.8 Å². The summed E-state index contributed by atoms with van der Waals surface area (Å²) >= 11 is 0. The topological polar surface area (TPSA) is 52.0 Å². The Morgan fingerprint density at radius 2 is 2.00 bits per heavy atom. The molecular formula is C13H16N2O. The van der Waals surface area contributed by atoms with E-state index in [0.717, 1.165) is 28.3 Å². The molecule has 3 nitrogen and oxygen atoms in total. The van der Waals surface area contributed by atoms with Crippen molar-refractivity contribution in [3.8, 4) is 0 Å². The molecule has 0 aromatic carbocycles. The smallest absolute Gasteiger partial charge is 0.106 e. The summed E-state index contributed by atoms with van der Waals surface area (Å²) < 4.78 is 5.48. The van der Waals surface area contributed by atoms with Gasteiger partial charge >= 0.3 is 0 Å². The Morgan fingerprint density at radius 1 is 1.25 bits per heavy atom. The molecule has 0 aliphatic heterocycles. The molecule has 2 rings (SSSR count). The van der Waals surface area contributed by atoms with Gasteiger partial charge in [-0.25, -0.2) is 0 Å². The fourth-order valence-electron chi connectivity index (χ4n) is 1.80. The molecule has 1 atom stereocenters. The van der Waals surface area contributed by atoms with E-state index in [-0.39, 0.29) is 6.04 Å². The maximum absolute atomic E-state index is 6.18. The van der Waals surface area contributed by atoms with Crippen molar-refractivity contribution in [3.63, 3.8) is 0 Å². The first-order valence-electron chi connectivity index (χ1n) is 5.33. The number of nitrogens with zero attached hydrogens (tertiary/aromatic N) is 1. The normalized spacial score (nSPS) is 12.8. The van der Waals surface area contributed by atoms with Crippen LogP contribution in [-0.2, 0) is 0 Å². The van der Waals surface area contributed by atoms with Gasteiger partial charge in [0.15, 0.2) is 0 Å². The molecule has 0 aliphatic rings. The number of pyridine rings is 1. The van der Waals surface area contributed by atoms with E-state index < -0.39 is 0 Å². The number of nitrogens with two attached hydrogens (primary N) is 1. The van der Waals surface area contributed by atoms with Crippen LogP contribution in [0.4, 0.5) is 0 Å². The maximum Gasteiger partial charge on any atom is 0.106 e. The second kappa shape index (κ2) is 4.10. The minimum atomic E-state index is -0.162. The molecule has 0 aliphatic carbocycles.